The highest BCUT2D eigenvalue weighted by atomic mass is 16.3. The maximum Gasteiger partial charge on any atom is 0.0762 e. The van der Waals surface area contributed by atoms with Crippen LogP contribution in [0.2, 0.25) is 0 Å². The third-order valence-corrected chi connectivity index (χ3v) is 3.27. The van der Waals surface area contributed by atoms with Crippen molar-refractivity contribution in [1.82, 2.24) is 4.98 Å². The minimum Gasteiger partial charge on any atom is -0.389 e. The van der Waals surface area contributed by atoms with Crippen molar-refractivity contribution in [1.29, 1.82) is 0 Å². The van der Waals surface area contributed by atoms with Crippen molar-refractivity contribution in [2.24, 2.45) is 0 Å². The second-order valence-corrected chi connectivity index (χ2v) is 4.69. The van der Waals surface area contributed by atoms with Crippen molar-refractivity contribution in [3.8, 4) is 11.3 Å². The van der Waals surface area contributed by atoms with Gasteiger partial charge >= 0.3 is 0 Å². The summed E-state index contributed by atoms with van der Waals surface area (Å²) in [7, 11) is 0. The molecule has 19 heavy (non-hydrogen) atoms. The molecule has 94 valence electrons. The summed E-state index contributed by atoms with van der Waals surface area (Å²) in [6, 6.07) is 20.1. The van der Waals surface area contributed by atoms with Crippen LogP contribution in [0.5, 0.6) is 0 Å². The lowest BCUT2D eigenvalue weighted by Gasteiger charge is -2.07. The van der Waals surface area contributed by atoms with E-state index in [1.807, 2.05) is 54.6 Å². The number of fused-ring (bicyclic) bond motifs is 1. The highest BCUT2D eigenvalue weighted by Gasteiger charge is 2.04. The molecule has 0 aliphatic rings. The van der Waals surface area contributed by atoms with Crippen LogP contribution in [0.1, 0.15) is 18.6 Å². The number of aromatic nitrogens is 1. The molecule has 0 radical (unpaired) electrons. The quantitative estimate of drug-likeness (QED) is 0.745. The molecule has 0 spiro atoms. The van der Waals surface area contributed by atoms with Crippen LogP contribution in [0.25, 0.3) is 22.2 Å². The number of aliphatic hydroxyl groups excluding tert-OH is 1. The molecule has 1 heterocycles. The van der Waals surface area contributed by atoms with E-state index in [9.17, 15) is 5.11 Å². The fourth-order valence-electron chi connectivity index (χ4n) is 2.16. The summed E-state index contributed by atoms with van der Waals surface area (Å²) in [6.07, 6.45) is -0.466. The minimum absolute atomic E-state index is 0.466. The van der Waals surface area contributed by atoms with Gasteiger partial charge in [-0.15, -0.1) is 0 Å². The summed E-state index contributed by atoms with van der Waals surface area (Å²) in [4.78, 5) is 4.68. The van der Waals surface area contributed by atoms with Gasteiger partial charge in [0.25, 0.3) is 0 Å². The van der Waals surface area contributed by atoms with E-state index in [2.05, 4.69) is 11.1 Å². The zero-order valence-corrected chi connectivity index (χ0v) is 10.7. The van der Waals surface area contributed by atoms with Crippen molar-refractivity contribution >= 4 is 10.9 Å². The first-order valence-corrected chi connectivity index (χ1v) is 6.38. The molecule has 0 saturated heterocycles. The van der Waals surface area contributed by atoms with Crippen LogP contribution < -0.4 is 0 Å². The maximum atomic E-state index is 9.64. The highest BCUT2D eigenvalue weighted by molar-refractivity contribution is 5.82. The molecule has 0 fully saturated rings. The average molecular weight is 249 g/mol. The van der Waals surface area contributed by atoms with Gasteiger partial charge in [-0.25, -0.2) is 4.98 Å². The lowest BCUT2D eigenvalue weighted by Crippen LogP contribution is -1.92. The van der Waals surface area contributed by atoms with Gasteiger partial charge < -0.3 is 5.11 Å². The molecular formula is C17H15NO. The first-order chi connectivity index (χ1) is 9.24. The standard InChI is InChI=1S/C17H15NO/c1-12(19)15-8-7-14-9-10-16(18-17(14)11-15)13-5-3-2-4-6-13/h2-12,19H,1H3. The number of hydrogen-bond donors (Lipinski definition) is 1. The van der Waals surface area contributed by atoms with Crippen LogP contribution in [0, 0.1) is 0 Å². The van der Waals surface area contributed by atoms with Crippen LogP contribution >= 0.6 is 0 Å². The molecule has 3 rings (SSSR count). The third kappa shape index (κ3) is 2.35. The van der Waals surface area contributed by atoms with Crippen molar-refractivity contribution in [3.63, 3.8) is 0 Å². The Morgan fingerprint density at radius 2 is 1.68 bits per heavy atom. The second kappa shape index (κ2) is 4.82. The molecule has 1 atom stereocenters. The van der Waals surface area contributed by atoms with E-state index in [0.717, 1.165) is 27.7 Å². The molecular weight excluding hydrogens is 234 g/mol. The molecule has 1 aromatic heterocycles. The van der Waals surface area contributed by atoms with E-state index in [1.54, 1.807) is 6.92 Å². The van der Waals surface area contributed by atoms with Gasteiger partial charge in [0, 0.05) is 10.9 Å². The molecule has 0 bridgehead atoms. The minimum atomic E-state index is -0.466. The molecule has 0 aliphatic heterocycles. The summed E-state index contributed by atoms with van der Waals surface area (Å²) in [5.74, 6) is 0. The SMILES string of the molecule is CC(O)c1ccc2ccc(-c3ccccc3)nc2c1. The van der Waals surface area contributed by atoms with Crippen LogP contribution in [-0.4, -0.2) is 10.1 Å². The Balaban J connectivity index is 2.14. The van der Waals surface area contributed by atoms with Gasteiger partial charge in [-0.1, -0.05) is 48.5 Å². The van der Waals surface area contributed by atoms with E-state index in [1.165, 1.54) is 0 Å². The Bertz CT molecular complexity index is 705. The summed E-state index contributed by atoms with van der Waals surface area (Å²) < 4.78 is 0. The first-order valence-electron chi connectivity index (χ1n) is 6.38. The largest absolute Gasteiger partial charge is 0.389 e. The predicted octanol–water partition coefficient (Wildman–Crippen LogP) is 3.96. The van der Waals surface area contributed by atoms with Gasteiger partial charge in [-0.05, 0) is 24.6 Å². The van der Waals surface area contributed by atoms with Crippen LogP contribution in [0.3, 0.4) is 0 Å². The topological polar surface area (TPSA) is 33.1 Å². The van der Waals surface area contributed by atoms with Crippen molar-refractivity contribution in [2.75, 3.05) is 0 Å². The number of nitrogens with zero attached hydrogens (tertiary/aromatic N) is 1. The molecule has 2 nitrogen and oxygen atoms in total. The lowest BCUT2D eigenvalue weighted by molar-refractivity contribution is 0.199. The van der Waals surface area contributed by atoms with Crippen LogP contribution in [-0.2, 0) is 0 Å². The Morgan fingerprint density at radius 3 is 2.42 bits per heavy atom. The van der Waals surface area contributed by atoms with Gasteiger partial charge in [-0.2, -0.15) is 0 Å². The fourth-order valence-corrected chi connectivity index (χ4v) is 2.16. The summed E-state index contributed by atoms with van der Waals surface area (Å²) in [5.41, 5.74) is 3.87. The highest BCUT2D eigenvalue weighted by Crippen LogP contribution is 2.23. The smallest absolute Gasteiger partial charge is 0.0762 e. The van der Waals surface area contributed by atoms with Gasteiger partial charge in [0.15, 0.2) is 0 Å². The molecule has 1 unspecified atom stereocenters. The summed E-state index contributed by atoms with van der Waals surface area (Å²) in [5, 5.41) is 10.7. The molecule has 3 aromatic rings. The van der Waals surface area contributed by atoms with E-state index in [0.29, 0.717) is 0 Å². The first kappa shape index (κ1) is 11.9. The maximum absolute atomic E-state index is 9.64. The van der Waals surface area contributed by atoms with Gasteiger partial charge in [0.2, 0.25) is 0 Å². The zero-order chi connectivity index (χ0) is 13.2. The van der Waals surface area contributed by atoms with Crippen molar-refractivity contribution in [3.05, 3.63) is 66.2 Å². The zero-order valence-electron chi connectivity index (χ0n) is 10.7. The number of aliphatic hydroxyl groups is 1. The van der Waals surface area contributed by atoms with Crippen molar-refractivity contribution in [2.45, 2.75) is 13.0 Å². The van der Waals surface area contributed by atoms with E-state index in [-0.39, 0.29) is 0 Å². The summed E-state index contributed by atoms with van der Waals surface area (Å²) in [6.45, 7) is 1.77. The van der Waals surface area contributed by atoms with Crippen molar-refractivity contribution < 1.29 is 5.11 Å². The molecule has 2 aromatic carbocycles. The van der Waals surface area contributed by atoms with E-state index < -0.39 is 6.10 Å². The predicted molar refractivity (Wildman–Crippen MR) is 77.8 cm³/mol. The monoisotopic (exact) mass is 249 g/mol. The number of rotatable bonds is 2. The summed E-state index contributed by atoms with van der Waals surface area (Å²) >= 11 is 0. The Labute approximate surface area is 112 Å². The van der Waals surface area contributed by atoms with E-state index in [4.69, 9.17) is 0 Å². The number of benzene rings is 2. The normalized spacial score (nSPS) is 12.5. The number of pyridine rings is 1. The molecule has 0 amide bonds. The van der Waals surface area contributed by atoms with E-state index >= 15 is 0 Å². The van der Waals surface area contributed by atoms with Crippen LogP contribution in [0.4, 0.5) is 0 Å². The van der Waals surface area contributed by atoms with Gasteiger partial charge in [-0.3, -0.25) is 0 Å². The molecule has 2 heteroatoms. The molecule has 1 N–H and O–H groups in total. The van der Waals surface area contributed by atoms with Gasteiger partial charge in [0.1, 0.15) is 0 Å². The Kier molecular flexibility index (Phi) is 3.02. The average Bonchev–Trinajstić information content (AvgIpc) is 2.47. The van der Waals surface area contributed by atoms with Gasteiger partial charge in [0.05, 0.1) is 17.3 Å². The van der Waals surface area contributed by atoms with Crippen LogP contribution in [0.15, 0.2) is 60.7 Å². The molecule has 0 aliphatic carbocycles. The third-order valence-electron chi connectivity index (χ3n) is 3.27. The fraction of sp³-hybridized carbons (Fsp3) is 0.118. The second-order valence-electron chi connectivity index (χ2n) is 4.69. The Hall–Kier alpha value is -2.19. The Morgan fingerprint density at radius 1 is 0.947 bits per heavy atom. The molecule has 0 saturated carbocycles. The number of hydrogen-bond acceptors (Lipinski definition) is 2. The lowest BCUT2D eigenvalue weighted by atomic mass is 10.1.